The second-order valence-electron chi connectivity index (χ2n) is 3.96. The van der Waals surface area contributed by atoms with E-state index in [4.69, 9.17) is 11.6 Å². The minimum atomic E-state index is 0.517. The Labute approximate surface area is 113 Å². The first-order chi connectivity index (χ1) is 8.90. The van der Waals surface area contributed by atoms with Gasteiger partial charge in [-0.05, 0) is 16.7 Å². The van der Waals surface area contributed by atoms with Crippen LogP contribution < -0.4 is 0 Å². The summed E-state index contributed by atoms with van der Waals surface area (Å²) in [7, 11) is 0. The molecule has 2 aromatic carbocycles. The highest BCUT2D eigenvalue weighted by Crippen LogP contribution is 2.16. The Morgan fingerprint density at radius 1 is 0.889 bits per heavy atom. The summed E-state index contributed by atoms with van der Waals surface area (Å²) < 4.78 is 0. The van der Waals surface area contributed by atoms with Gasteiger partial charge in [-0.25, -0.2) is 0 Å². The molecule has 0 heterocycles. The zero-order chi connectivity index (χ0) is 12.6. The molecule has 0 atom stereocenters. The lowest BCUT2D eigenvalue weighted by Gasteiger charge is -2.01. The molecule has 18 heavy (non-hydrogen) atoms. The molecule has 2 aromatic rings. The maximum Gasteiger partial charge on any atom is 0.0480 e. The third-order valence-electron chi connectivity index (χ3n) is 2.67. The highest BCUT2D eigenvalue weighted by atomic mass is 35.5. The molecule has 0 aliphatic carbocycles. The Morgan fingerprint density at radius 3 is 2.11 bits per heavy atom. The highest BCUT2D eigenvalue weighted by molar-refractivity contribution is 6.23. The van der Waals surface area contributed by atoms with Gasteiger partial charge in [0, 0.05) is 5.88 Å². The fraction of sp³-hybridized carbons (Fsp3) is 0.0588. The number of hydrogen-bond donors (Lipinski definition) is 0. The molecule has 0 aliphatic heterocycles. The molecule has 0 bridgehead atoms. The Bertz CT molecular complexity index is 524. The van der Waals surface area contributed by atoms with Crippen LogP contribution in [0.2, 0.25) is 0 Å². The molecule has 0 aliphatic rings. The van der Waals surface area contributed by atoms with E-state index in [2.05, 4.69) is 36.4 Å². The number of halogens is 1. The Morgan fingerprint density at radius 2 is 1.50 bits per heavy atom. The highest BCUT2D eigenvalue weighted by Gasteiger charge is 1.96. The van der Waals surface area contributed by atoms with E-state index in [1.54, 1.807) is 0 Å². The number of benzene rings is 2. The number of alkyl halides is 1. The van der Waals surface area contributed by atoms with Crippen molar-refractivity contribution in [1.29, 1.82) is 0 Å². The molecule has 0 N–H and O–H groups in total. The van der Waals surface area contributed by atoms with Gasteiger partial charge >= 0.3 is 0 Å². The van der Waals surface area contributed by atoms with Crippen molar-refractivity contribution in [2.45, 2.75) is 0 Å². The van der Waals surface area contributed by atoms with Gasteiger partial charge in [-0.2, -0.15) is 0 Å². The molecular weight excluding hydrogens is 240 g/mol. The number of hydrogen-bond acceptors (Lipinski definition) is 0. The molecule has 0 aromatic heterocycles. The smallest absolute Gasteiger partial charge is 0.0480 e. The van der Waals surface area contributed by atoms with Gasteiger partial charge in [-0.1, -0.05) is 78.9 Å². The fourth-order valence-electron chi connectivity index (χ4n) is 1.71. The van der Waals surface area contributed by atoms with E-state index in [1.807, 2.05) is 42.5 Å². The van der Waals surface area contributed by atoms with Gasteiger partial charge in [0.1, 0.15) is 0 Å². The SMILES string of the molecule is ClCC(=CC=Cc1ccccc1)c1ccccc1. The first-order valence-electron chi connectivity index (χ1n) is 5.94. The van der Waals surface area contributed by atoms with E-state index in [0.717, 1.165) is 5.57 Å². The first kappa shape index (κ1) is 12.7. The van der Waals surface area contributed by atoms with Crippen LogP contribution in [0.1, 0.15) is 11.1 Å². The van der Waals surface area contributed by atoms with Crippen molar-refractivity contribution < 1.29 is 0 Å². The average molecular weight is 255 g/mol. The summed E-state index contributed by atoms with van der Waals surface area (Å²) in [6.45, 7) is 0. The number of allylic oxidation sites excluding steroid dienone is 3. The molecule has 1 heteroatoms. The van der Waals surface area contributed by atoms with Crippen molar-refractivity contribution in [3.8, 4) is 0 Å². The Hall–Kier alpha value is -1.79. The fourth-order valence-corrected chi connectivity index (χ4v) is 1.95. The molecule has 0 unspecified atom stereocenters. The monoisotopic (exact) mass is 254 g/mol. The van der Waals surface area contributed by atoms with Crippen LogP contribution in [0.25, 0.3) is 11.6 Å². The maximum absolute atomic E-state index is 5.98. The quantitative estimate of drug-likeness (QED) is 0.531. The van der Waals surface area contributed by atoms with Crippen molar-refractivity contribution in [1.82, 2.24) is 0 Å². The zero-order valence-corrected chi connectivity index (χ0v) is 10.8. The van der Waals surface area contributed by atoms with Crippen molar-refractivity contribution in [2.75, 3.05) is 5.88 Å². The second kappa shape index (κ2) is 6.83. The minimum absolute atomic E-state index is 0.517. The van der Waals surface area contributed by atoms with Gasteiger partial charge in [-0.3, -0.25) is 0 Å². The standard InChI is InChI=1S/C17H15Cl/c18-14-17(16-11-5-2-6-12-16)13-7-10-15-8-3-1-4-9-15/h1-13H,14H2. The van der Waals surface area contributed by atoms with Gasteiger partial charge in [-0.15, -0.1) is 11.6 Å². The third-order valence-corrected chi connectivity index (χ3v) is 2.96. The third kappa shape index (κ3) is 3.61. The van der Waals surface area contributed by atoms with Crippen LogP contribution >= 0.6 is 11.6 Å². The molecule has 0 saturated heterocycles. The first-order valence-corrected chi connectivity index (χ1v) is 6.47. The van der Waals surface area contributed by atoms with Crippen LogP contribution in [-0.2, 0) is 0 Å². The lowest BCUT2D eigenvalue weighted by Crippen LogP contribution is -1.84. The molecule has 0 fully saturated rings. The summed E-state index contributed by atoms with van der Waals surface area (Å²) in [5, 5.41) is 0. The van der Waals surface area contributed by atoms with Crippen LogP contribution in [0.5, 0.6) is 0 Å². The Balaban J connectivity index is 2.14. The van der Waals surface area contributed by atoms with Gasteiger partial charge in [0.25, 0.3) is 0 Å². The predicted molar refractivity (Wildman–Crippen MR) is 80.6 cm³/mol. The Kier molecular flexibility index (Phi) is 4.80. The maximum atomic E-state index is 5.98. The average Bonchev–Trinajstić information content (AvgIpc) is 2.46. The van der Waals surface area contributed by atoms with Crippen LogP contribution in [0, 0.1) is 0 Å². The molecule has 0 saturated carbocycles. The van der Waals surface area contributed by atoms with Crippen LogP contribution in [0.4, 0.5) is 0 Å². The van der Waals surface area contributed by atoms with Gasteiger partial charge in [0.2, 0.25) is 0 Å². The molecular formula is C17H15Cl. The molecule has 0 spiro atoms. The largest absolute Gasteiger partial charge is 0.122 e. The summed E-state index contributed by atoms with van der Waals surface area (Å²) in [6, 6.07) is 20.4. The summed E-state index contributed by atoms with van der Waals surface area (Å²) >= 11 is 5.98. The van der Waals surface area contributed by atoms with E-state index in [9.17, 15) is 0 Å². The lowest BCUT2D eigenvalue weighted by atomic mass is 10.1. The lowest BCUT2D eigenvalue weighted by molar-refractivity contribution is 1.57. The number of rotatable bonds is 4. The van der Waals surface area contributed by atoms with Crippen LogP contribution in [0.15, 0.2) is 72.8 Å². The molecule has 0 nitrogen and oxygen atoms in total. The van der Waals surface area contributed by atoms with Crippen LogP contribution in [0.3, 0.4) is 0 Å². The molecule has 2 rings (SSSR count). The van der Waals surface area contributed by atoms with Crippen molar-refractivity contribution in [3.05, 3.63) is 83.9 Å². The minimum Gasteiger partial charge on any atom is -0.122 e. The predicted octanol–water partition coefficient (Wildman–Crippen LogP) is 5.02. The van der Waals surface area contributed by atoms with Crippen LogP contribution in [-0.4, -0.2) is 5.88 Å². The van der Waals surface area contributed by atoms with Gasteiger partial charge in [0.15, 0.2) is 0 Å². The molecule has 90 valence electrons. The molecule has 0 amide bonds. The van der Waals surface area contributed by atoms with Crippen molar-refractivity contribution in [3.63, 3.8) is 0 Å². The summed E-state index contributed by atoms with van der Waals surface area (Å²) in [5.41, 5.74) is 3.49. The van der Waals surface area contributed by atoms with Crippen molar-refractivity contribution in [2.24, 2.45) is 0 Å². The molecule has 0 radical (unpaired) electrons. The van der Waals surface area contributed by atoms with Gasteiger partial charge in [0.05, 0.1) is 0 Å². The normalized spacial score (nSPS) is 11.9. The van der Waals surface area contributed by atoms with E-state index < -0.39 is 0 Å². The zero-order valence-electron chi connectivity index (χ0n) is 10.1. The summed E-state index contributed by atoms with van der Waals surface area (Å²) in [4.78, 5) is 0. The topological polar surface area (TPSA) is 0 Å². The van der Waals surface area contributed by atoms with E-state index >= 15 is 0 Å². The van der Waals surface area contributed by atoms with E-state index in [-0.39, 0.29) is 0 Å². The summed E-state index contributed by atoms with van der Waals surface area (Å²) in [5.74, 6) is 0.517. The van der Waals surface area contributed by atoms with Crippen molar-refractivity contribution >= 4 is 23.3 Å². The van der Waals surface area contributed by atoms with Gasteiger partial charge < -0.3 is 0 Å². The van der Waals surface area contributed by atoms with E-state index in [1.165, 1.54) is 11.1 Å². The second-order valence-corrected chi connectivity index (χ2v) is 4.23. The van der Waals surface area contributed by atoms with E-state index in [0.29, 0.717) is 5.88 Å². The summed E-state index contributed by atoms with van der Waals surface area (Å²) in [6.07, 6.45) is 6.19.